The third kappa shape index (κ3) is 3.86. The minimum atomic E-state index is 1.18. The summed E-state index contributed by atoms with van der Waals surface area (Å²) < 4.78 is 2.42. The Hall–Kier alpha value is -5.66. The molecule has 0 radical (unpaired) electrons. The highest BCUT2D eigenvalue weighted by atomic mass is 15.0. The molecule has 1 aromatic heterocycles. The lowest BCUT2D eigenvalue weighted by molar-refractivity contribution is 1.19. The zero-order valence-electron chi connectivity index (χ0n) is 23.5. The average Bonchev–Trinajstić information content (AvgIpc) is 3.39. The van der Waals surface area contributed by atoms with E-state index in [0.717, 1.165) is 0 Å². The van der Waals surface area contributed by atoms with Gasteiger partial charge in [-0.2, -0.15) is 0 Å². The van der Waals surface area contributed by atoms with Crippen molar-refractivity contribution in [3.8, 4) is 27.9 Å². The van der Waals surface area contributed by atoms with Crippen LogP contribution in [0.4, 0.5) is 0 Å². The van der Waals surface area contributed by atoms with Crippen LogP contribution >= 0.6 is 0 Å². The molecule has 0 spiro atoms. The molecule has 43 heavy (non-hydrogen) atoms. The van der Waals surface area contributed by atoms with E-state index in [0.29, 0.717) is 0 Å². The minimum Gasteiger partial charge on any atom is -0.309 e. The first-order valence-electron chi connectivity index (χ1n) is 14.8. The van der Waals surface area contributed by atoms with Crippen LogP contribution in [0, 0.1) is 0 Å². The van der Waals surface area contributed by atoms with E-state index in [9.17, 15) is 0 Å². The molecule has 0 saturated carbocycles. The summed E-state index contributed by atoms with van der Waals surface area (Å²) in [5.74, 6) is 0. The standard InChI is InChI=1S/C42H27N/c1-2-10-28(11-3-1)39-26-35(23-34-14-6-7-15-37(34)39)32-18-19-33-24-36(21-20-31(33)22-32)43-41-17-9-8-16-38(41)40-25-29-12-4-5-13-30(29)27-42(40)43/h1-27H. The van der Waals surface area contributed by atoms with Crippen LogP contribution in [0.15, 0.2) is 164 Å². The van der Waals surface area contributed by atoms with E-state index in [2.05, 4.69) is 168 Å². The number of fused-ring (bicyclic) bond motifs is 6. The van der Waals surface area contributed by atoms with E-state index in [-0.39, 0.29) is 0 Å². The maximum absolute atomic E-state index is 2.42. The SMILES string of the molecule is c1ccc(-c2cc(-c3ccc4cc(-n5c6ccccc6c6cc7ccccc7cc65)ccc4c3)cc3ccccc23)cc1. The van der Waals surface area contributed by atoms with E-state index in [1.54, 1.807) is 0 Å². The quantitative estimate of drug-likeness (QED) is 0.208. The molecular weight excluding hydrogens is 518 g/mol. The van der Waals surface area contributed by atoms with Crippen molar-refractivity contribution in [2.75, 3.05) is 0 Å². The molecule has 0 aliphatic rings. The molecule has 0 fully saturated rings. The molecule has 1 heterocycles. The Labute approximate surface area is 249 Å². The number of nitrogens with zero attached hydrogens (tertiary/aromatic N) is 1. The van der Waals surface area contributed by atoms with Gasteiger partial charge in [0.25, 0.3) is 0 Å². The lowest BCUT2D eigenvalue weighted by Crippen LogP contribution is -1.94. The molecule has 0 N–H and O–H groups in total. The van der Waals surface area contributed by atoms with Gasteiger partial charge in [-0.25, -0.2) is 0 Å². The summed E-state index contributed by atoms with van der Waals surface area (Å²) in [5.41, 5.74) is 8.62. The van der Waals surface area contributed by atoms with Gasteiger partial charge in [0.15, 0.2) is 0 Å². The smallest absolute Gasteiger partial charge is 0.0547 e. The molecule has 0 atom stereocenters. The normalized spacial score (nSPS) is 11.7. The summed E-state index contributed by atoms with van der Waals surface area (Å²) in [6.45, 7) is 0. The van der Waals surface area contributed by atoms with Crippen LogP contribution in [0.25, 0.3) is 82.1 Å². The van der Waals surface area contributed by atoms with E-state index in [1.807, 2.05) is 0 Å². The van der Waals surface area contributed by atoms with Gasteiger partial charge >= 0.3 is 0 Å². The lowest BCUT2D eigenvalue weighted by atomic mass is 9.92. The predicted molar refractivity (Wildman–Crippen MR) is 184 cm³/mol. The number of hydrogen-bond donors (Lipinski definition) is 0. The molecule has 8 aromatic carbocycles. The molecule has 1 nitrogen and oxygen atoms in total. The van der Waals surface area contributed by atoms with Gasteiger partial charge in [0.2, 0.25) is 0 Å². The first-order chi connectivity index (χ1) is 21.3. The second-order valence-electron chi connectivity index (χ2n) is 11.4. The molecule has 0 saturated heterocycles. The highest BCUT2D eigenvalue weighted by molar-refractivity contribution is 6.13. The van der Waals surface area contributed by atoms with E-state index in [4.69, 9.17) is 0 Å². The average molecular weight is 546 g/mol. The van der Waals surface area contributed by atoms with Crippen molar-refractivity contribution in [3.63, 3.8) is 0 Å². The Balaban J connectivity index is 1.21. The molecule has 200 valence electrons. The molecule has 0 aliphatic heterocycles. The van der Waals surface area contributed by atoms with Gasteiger partial charge in [-0.3, -0.25) is 0 Å². The summed E-state index contributed by atoms with van der Waals surface area (Å²) in [4.78, 5) is 0. The van der Waals surface area contributed by atoms with Crippen LogP contribution in [0.2, 0.25) is 0 Å². The fourth-order valence-corrected chi connectivity index (χ4v) is 6.82. The monoisotopic (exact) mass is 545 g/mol. The largest absolute Gasteiger partial charge is 0.309 e. The minimum absolute atomic E-state index is 1.18. The molecule has 9 aromatic rings. The second-order valence-corrected chi connectivity index (χ2v) is 11.4. The first kappa shape index (κ1) is 24.0. The molecule has 0 bridgehead atoms. The third-order valence-electron chi connectivity index (χ3n) is 8.90. The van der Waals surface area contributed by atoms with Crippen LogP contribution in [0.5, 0.6) is 0 Å². The highest BCUT2D eigenvalue weighted by Crippen LogP contribution is 2.37. The van der Waals surface area contributed by atoms with Gasteiger partial charge in [0.1, 0.15) is 0 Å². The maximum Gasteiger partial charge on any atom is 0.0547 e. The van der Waals surface area contributed by atoms with Gasteiger partial charge in [0, 0.05) is 16.5 Å². The van der Waals surface area contributed by atoms with Gasteiger partial charge in [-0.1, -0.05) is 115 Å². The van der Waals surface area contributed by atoms with E-state index >= 15 is 0 Å². The number of benzene rings is 8. The summed E-state index contributed by atoms with van der Waals surface area (Å²) in [6, 6.07) is 59.9. The summed E-state index contributed by atoms with van der Waals surface area (Å²) in [7, 11) is 0. The van der Waals surface area contributed by atoms with Crippen molar-refractivity contribution >= 4 is 54.1 Å². The molecule has 0 unspecified atom stereocenters. The van der Waals surface area contributed by atoms with Gasteiger partial charge in [0.05, 0.1) is 11.0 Å². The Kier molecular flexibility index (Phi) is 5.27. The number of aromatic nitrogens is 1. The van der Waals surface area contributed by atoms with Crippen molar-refractivity contribution in [3.05, 3.63) is 164 Å². The van der Waals surface area contributed by atoms with Crippen molar-refractivity contribution in [1.29, 1.82) is 0 Å². The predicted octanol–water partition coefficient (Wildman–Crippen LogP) is 11.6. The Morgan fingerprint density at radius 1 is 0.302 bits per heavy atom. The lowest BCUT2D eigenvalue weighted by Gasteiger charge is -2.13. The van der Waals surface area contributed by atoms with Gasteiger partial charge in [-0.15, -0.1) is 0 Å². The molecule has 9 rings (SSSR count). The number of rotatable bonds is 3. The summed E-state index contributed by atoms with van der Waals surface area (Å²) >= 11 is 0. The van der Waals surface area contributed by atoms with Crippen LogP contribution < -0.4 is 0 Å². The molecule has 0 amide bonds. The van der Waals surface area contributed by atoms with Gasteiger partial charge < -0.3 is 4.57 Å². The van der Waals surface area contributed by atoms with Crippen LogP contribution in [-0.2, 0) is 0 Å². The third-order valence-corrected chi connectivity index (χ3v) is 8.90. The summed E-state index contributed by atoms with van der Waals surface area (Å²) in [5, 5.41) is 10.1. The molecule has 1 heteroatoms. The van der Waals surface area contributed by atoms with Crippen LogP contribution in [0.3, 0.4) is 0 Å². The first-order valence-corrected chi connectivity index (χ1v) is 14.8. The Morgan fingerprint density at radius 2 is 0.930 bits per heavy atom. The fourth-order valence-electron chi connectivity index (χ4n) is 6.82. The van der Waals surface area contributed by atoms with Crippen molar-refractivity contribution in [1.82, 2.24) is 4.57 Å². The topological polar surface area (TPSA) is 4.93 Å². The Morgan fingerprint density at radius 3 is 1.79 bits per heavy atom. The zero-order chi connectivity index (χ0) is 28.3. The van der Waals surface area contributed by atoms with E-state index in [1.165, 1.54) is 82.1 Å². The maximum atomic E-state index is 2.42. The highest BCUT2D eigenvalue weighted by Gasteiger charge is 2.14. The van der Waals surface area contributed by atoms with Crippen LogP contribution in [0.1, 0.15) is 0 Å². The Bertz CT molecular complexity index is 2500. The fraction of sp³-hybridized carbons (Fsp3) is 0. The second kappa shape index (κ2) is 9.44. The van der Waals surface area contributed by atoms with Crippen molar-refractivity contribution in [2.24, 2.45) is 0 Å². The van der Waals surface area contributed by atoms with E-state index < -0.39 is 0 Å². The molecular formula is C42H27N. The number of hydrogen-bond acceptors (Lipinski definition) is 0. The van der Waals surface area contributed by atoms with Crippen molar-refractivity contribution in [2.45, 2.75) is 0 Å². The summed E-state index contributed by atoms with van der Waals surface area (Å²) in [6.07, 6.45) is 0. The molecule has 0 aliphatic carbocycles. The number of para-hydroxylation sites is 1. The zero-order valence-corrected chi connectivity index (χ0v) is 23.5. The van der Waals surface area contributed by atoms with Crippen molar-refractivity contribution < 1.29 is 0 Å². The van der Waals surface area contributed by atoms with Crippen LogP contribution in [-0.4, -0.2) is 4.57 Å². The van der Waals surface area contributed by atoms with Gasteiger partial charge in [-0.05, 0) is 103 Å².